The lowest BCUT2D eigenvalue weighted by atomic mass is 10.2. The van der Waals surface area contributed by atoms with Gasteiger partial charge in [0.25, 0.3) is 17.4 Å². The molecule has 0 bridgehead atoms. The summed E-state index contributed by atoms with van der Waals surface area (Å²) in [5, 5.41) is 4.51. The molecule has 9 nitrogen and oxygen atoms in total. The third-order valence-corrected chi connectivity index (χ3v) is 3.80. The molecule has 25 heavy (non-hydrogen) atoms. The molecule has 0 aliphatic rings. The van der Waals surface area contributed by atoms with Gasteiger partial charge in [0.15, 0.2) is 5.65 Å². The SMILES string of the molecule is Cn1ncc2c(=O)n(CC(=O)NNC(=O)c3ccccc3Cl)cnc21. The van der Waals surface area contributed by atoms with Crippen molar-refractivity contribution in [1.82, 2.24) is 30.2 Å². The quantitative estimate of drug-likeness (QED) is 0.650. The monoisotopic (exact) mass is 360 g/mol. The van der Waals surface area contributed by atoms with Crippen LogP contribution in [-0.2, 0) is 18.4 Å². The van der Waals surface area contributed by atoms with Gasteiger partial charge >= 0.3 is 0 Å². The van der Waals surface area contributed by atoms with Gasteiger partial charge < -0.3 is 0 Å². The molecule has 2 amide bonds. The number of rotatable bonds is 3. The topological polar surface area (TPSA) is 111 Å². The summed E-state index contributed by atoms with van der Waals surface area (Å²) in [5.74, 6) is -1.15. The second kappa shape index (κ2) is 6.73. The number of hydrogen-bond acceptors (Lipinski definition) is 5. The molecule has 0 fully saturated rings. The van der Waals surface area contributed by atoms with Gasteiger partial charge in [-0.25, -0.2) is 4.98 Å². The minimum Gasteiger partial charge on any atom is -0.289 e. The zero-order chi connectivity index (χ0) is 18.0. The van der Waals surface area contributed by atoms with Gasteiger partial charge in [-0.05, 0) is 12.1 Å². The molecule has 0 radical (unpaired) electrons. The van der Waals surface area contributed by atoms with Gasteiger partial charge in [0.2, 0.25) is 0 Å². The molecule has 3 aromatic rings. The predicted octanol–water partition coefficient (Wildman–Crippen LogP) is 0.245. The van der Waals surface area contributed by atoms with E-state index in [2.05, 4.69) is 20.9 Å². The van der Waals surface area contributed by atoms with Gasteiger partial charge in [-0.3, -0.25) is 34.5 Å². The predicted molar refractivity (Wildman–Crippen MR) is 89.8 cm³/mol. The fourth-order valence-electron chi connectivity index (χ4n) is 2.21. The standard InChI is InChI=1S/C15H13ClN6O3/c1-21-13-10(6-18-21)15(25)22(8-17-13)7-12(23)19-20-14(24)9-4-2-3-5-11(9)16/h2-6,8H,7H2,1H3,(H,19,23)(H,20,24). The Morgan fingerprint density at radius 2 is 2.00 bits per heavy atom. The van der Waals surface area contributed by atoms with Crippen LogP contribution in [-0.4, -0.2) is 31.1 Å². The van der Waals surface area contributed by atoms with Crippen molar-refractivity contribution in [2.24, 2.45) is 7.05 Å². The Kier molecular flexibility index (Phi) is 4.48. The molecule has 0 atom stereocenters. The summed E-state index contributed by atoms with van der Waals surface area (Å²) in [6.07, 6.45) is 2.64. The van der Waals surface area contributed by atoms with E-state index in [1.54, 1.807) is 25.2 Å². The third-order valence-electron chi connectivity index (χ3n) is 3.47. The summed E-state index contributed by atoms with van der Waals surface area (Å²) in [6, 6.07) is 6.42. The number of halogens is 1. The highest BCUT2D eigenvalue weighted by atomic mass is 35.5. The molecule has 0 aliphatic carbocycles. The van der Waals surface area contributed by atoms with Gasteiger partial charge in [-0.2, -0.15) is 5.10 Å². The van der Waals surface area contributed by atoms with Crippen molar-refractivity contribution < 1.29 is 9.59 Å². The lowest BCUT2D eigenvalue weighted by Crippen LogP contribution is -2.44. The number of aryl methyl sites for hydroxylation is 1. The van der Waals surface area contributed by atoms with Gasteiger partial charge in [0.05, 0.1) is 16.8 Å². The van der Waals surface area contributed by atoms with Crippen molar-refractivity contribution in [3.05, 3.63) is 57.7 Å². The lowest BCUT2D eigenvalue weighted by Gasteiger charge is -2.09. The first-order valence-electron chi connectivity index (χ1n) is 7.18. The molecule has 0 saturated heterocycles. The fourth-order valence-corrected chi connectivity index (χ4v) is 2.43. The molecule has 2 aromatic heterocycles. The highest BCUT2D eigenvalue weighted by Gasteiger charge is 2.13. The lowest BCUT2D eigenvalue weighted by molar-refractivity contribution is -0.122. The largest absolute Gasteiger partial charge is 0.289 e. The second-order valence-corrected chi connectivity index (χ2v) is 5.57. The normalized spacial score (nSPS) is 10.6. The van der Waals surface area contributed by atoms with Gasteiger partial charge in [0.1, 0.15) is 18.3 Å². The molecule has 10 heteroatoms. The van der Waals surface area contributed by atoms with E-state index >= 15 is 0 Å². The van der Waals surface area contributed by atoms with Crippen LogP contribution in [0.2, 0.25) is 5.02 Å². The first-order valence-corrected chi connectivity index (χ1v) is 7.56. The first kappa shape index (κ1) is 16.7. The fraction of sp³-hybridized carbons (Fsp3) is 0.133. The van der Waals surface area contributed by atoms with E-state index in [9.17, 15) is 14.4 Å². The zero-order valence-electron chi connectivity index (χ0n) is 13.1. The number of nitrogens with zero attached hydrogens (tertiary/aromatic N) is 4. The number of carbonyl (C=O) groups excluding carboxylic acids is 2. The maximum Gasteiger partial charge on any atom is 0.271 e. The highest BCUT2D eigenvalue weighted by molar-refractivity contribution is 6.33. The summed E-state index contributed by atoms with van der Waals surface area (Å²) >= 11 is 5.91. The van der Waals surface area contributed by atoms with Crippen LogP contribution in [0.15, 0.2) is 41.6 Å². The minimum atomic E-state index is -0.590. The molecule has 2 heterocycles. The van der Waals surface area contributed by atoms with E-state index in [4.69, 9.17) is 11.6 Å². The van der Waals surface area contributed by atoms with Crippen LogP contribution >= 0.6 is 11.6 Å². The number of hydrogen-bond donors (Lipinski definition) is 2. The number of fused-ring (bicyclic) bond motifs is 1. The Bertz CT molecular complexity index is 1030. The average Bonchev–Trinajstić information content (AvgIpc) is 2.97. The van der Waals surface area contributed by atoms with Crippen molar-refractivity contribution in [2.75, 3.05) is 0 Å². The van der Waals surface area contributed by atoms with Crippen molar-refractivity contribution >= 4 is 34.4 Å². The third kappa shape index (κ3) is 3.36. The number of carbonyl (C=O) groups is 2. The Morgan fingerprint density at radius 3 is 2.76 bits per heavy atom. The molecule has 128 valence electrons. The van der Waals surface area contributed by atoms with E-state index in [1.807, 2.05) is 0 Å². The van der Waals surface area contributed by atoms with Crippen molar-refractivity contribution in [2.45, 2.75) is 6.54 Å². The Balaban J connectivity index is 1.67. The summed E-state index contributed by atoms with van der Waals surface area (Å²) in [6.45, 7) is -0.306. The van der Waals surface area contributed by atoms with Crippen LogP contribution < -0.4 is 16.4 Å². The summed E-state index contributed by atoms with van der Waals surface area (Å²) < 4.78 is 2.59. The number of hydrazine groups is 1. The summed E-state index contributed by atoms with van der Waals surface area (Å²) in [7, 11) is 1.66. The summed E-state index contributed by atoms with van der Waals surface area (Å²) in [4.78, 5) is 40.3. The number of aromatic nitrogens is 4. The van der Waals surface area contributed by atoms with Crippen LogP contribution in [0.4, 0.5) is 0 Å². The van der Waals surface area contributed by atoms with Crippen LogP contribution in [0, 0.1) is 0 Å². The van der Waals surface area contributed by atoms with Crippen LogP contribution in [0.25, 0.3) is 11.0 Å². The maximum atomic E-state index is 12.3. The molecular formula is C15H13ClN6O3. The van der Waals surface area contributed by atoms with Gasteiger partial charge in [0, 0.05) is 7.05 Å². The Morgan fingerprint density at radius 1 is 1.24 bits per heavy atom. The number of amides is 2. The number of benzene rings is 1. The molecule has 0 spiro atoms. The summed E-state index contributed by atoms with van der Waals surface area (Å²) in [5.41, 5.74) is 4.73. The van der Waals surface area contributed by atoms with Crippen molar-refractivity contribution in [3.8, 4) is 0 Å². The molecular weight excluding hydrogens is 348 g/mol. The van der Waals surface area contributed by atoms with E-state index in [-0.39, 0.29) is 17.1 Å². The van der Waals surface area contributed by atoms with Crippen LogP contribution in [0.3, 0.4) is 0 Å². The average molecular weight is 361 g/mol. The van der Waals surface area contributed by atoms with Crippen LogP contribution in [0.1, 0.15) is 10.4 Å². The molecule has 1 aromatic carbocycles. The van der Waals surface area contributed by atoms with E-state index in [0.717, 1.165) is 4.57 Å². The van der Waals surface area contributed by atoms with E-state index < -0.39 is 17.4 Å². The zero-order valence-corrected chi connectivity index (χ0v) is 13.8. The number of nitrogens with one attached hydrogen (secondary N) is 2. The molecule has 3 rings (SSSR count). The molecule has 0 unspecified atom stereocenters. The highest BCUT2D eigenvalue weighted by Crippen LogP contribution is 2.14. The van der Waals surface area contributed by atoms with E-state index in [1.165, 1.54) is 23.3 Å². The van der Waals surface area contributed by atoms with E-state index in [0.29, 0.717) is 11.0 Å². The van der Waals surface area contributed by atoms with Gasteiger partial charge in [-0.1, -0.05) is 23.7 Å². The Hall–Kier alpha value is -3.20. The maximum absolute atomic E-state index is 12.3. The minimum absolute atomic E-state index is 0.222. The van der Waals surface area contributed by atoms with Crippen molar-refractivity contribution in [3.63, 3.8) is 0 Å². The van der Waals surface area contributed by atoms with Gasteiger partial charge in [-0.15, -0.1) is 0 Å². The molecule has 2 N–H and O–H groups in total. The molecule has 0 saturated carbocycles. The van der Waals surface area contributed by atoms with Crippen molar-refractivity contribution in [1.29, 1.82) is 0 Å². The molecule has 0 aliphatic heterocycles. The van der Waals surface area contributed by atoms with Crippen LogP contribution in [0.5, 0.6) is 0 Å². The second-order valence-electron chi connectivity index (χ2n) is 5.17. The Labute approximate surface area is 146 Å². The first-order chi connectivity index (χ1) is 12.0. The smallest absolute Gasteiger partial charge is 0.271 e.